The number of rotatable bonds is 8. The maximum absolute atomic E-state index is 13.5. The Morgan fingerprint density at radius 3 is 2.32 bits per heavy atom. The maximum atomic E-state index is 13.5. The van der Waals surface area contributed by atoms with Gasteiger partial charge >= 0.3 is 5.69 Å². The fourth-order valence-corrected chi connectivity index (χ4v) is 6.30. The Hall–Kier alpha value is -4.54. The molecule has 2 aromatic carbocycles. The van der Waals surface area contributed by atoms with Gasteiger partial charge in [0, 0.05) is 43.5 Å². The molecule has 234 valence electrons. The van der Waals surface area contributed by atoms with E-state index >= 15 is 0 Å². The molecule has 1 aromatic heterocycles. The highest BCUT2D eigenvalue weighted by atomic mass is 16.5. The number of hydrogen-bond donors (Lipinski definition) is 0. The Balaban J connectivity index is 1.32. The normalized spacial score (nSPS) is 15.6. The SMILES string of the molecule is COc1ccc2c(c1)CCN(C1CCN(C(=O)Cn3cc(-c4cccc(OC)c4OC)c(=O)n(C(C)C)c3=O)CC1)C(=O)C2. The molecule has 1 fully saturated rings. The third kappa shape index (κ3) is 5.95. The summed E-state index contributed by atoms with van der Waals surface area (Å²) in [7, 11) is 4.63. The van der Waals surface area contributed by atoms with Gasteiger partial charge in [-0.2, -0.15) is 0 Å². The monoisotopic (exact) mass is 604 g/mol. The lowest BCUT2D eigenvalue weighted by Crippen LogP contribution is -2.50. The van der Waals surface area contributed by atoms with E-state index in [2.05, 4.69) is 0 Å². The Morgan fingerprint density at radius 1 is 0.909 bits per heavy atom. The first-order valence-electron chi connectivity index (χ1n) is 15.0. The van der Waals surface area contributed by atoms with Crippen molar-refractivity contribution in [3.63, 3.8) is 0 Å². The molecule has 3 aromatic rings. The highest BCUT2D eigenvalue weighted by Gasteiger charge is 2.32. The molecule has 0 spiro atoms. The molecule has 0 saturated carbocycles. The molecule has 1 saturated heterocycles. The molecule has 0 unspecified atom stereocenters. The third-order valence-electron chi connectivity index (χ3n) is 8.66. The van der Waals surface area contributed by atoms with Crippen LogP contribution in [0.15, 0.2) is 52.2 Å². The highest BCUT2D eigenvalue weighted by Crippen LogP contribution is 2.36. The summed E-state index contributed by atoms with van der Waals surface area (Å²) in [4.78, 5) is 57.3. The van der Waals surface area contributed by atoms with Crippen LogP contribution in [0.4, 0.5) is 0 Å². The minimum atomic E-state index is -0.551. The van der Waals surface area contributed by atoms with Crippen LogP contribution in [0.1, 0.15) is 43.9 Å². The first kappa shape index (κ1) is 30.9. The van der Waals surface area contributed by atoms with Gasteiger partial charge in [-0.15, -0.1) is 0 Å². The zero-order valence-electron chi connectivity index (χ0n) is 26.0. The lowest BCUT2D eigenvalue weighted by Gasteiger charge is -2.38. The number of carbonyl (C=O) groups excluding carboxylic acids is 2. The van der Waals surface area contributed by atoms with Gasteiger partial charge < -0.3 is 24.0 Å². The summed E-state index contributed by atoms with van der Waals surface area (Å²) in [5.74, 6) is 1.48. The predicted molar refractivity (Wildman–Crippen MR) is 166 cm³/mol. The smallest absolute Gasteiger partial charge is 0.331 e. The van der Waals surface area contributed by atoms with Gasteiger partial charge in [-0.1, -0.05) is 18.2 Å². The second kappa shape index (κ2) is 13.0. The van der Waals surface area contributed by atoms with Crippen LogP contribution in [0.5, 0.6) is 17.2 Å². The summed E-state index contributed by atoms with van der Waals surface area (Å²) in [6, 6.07) is 10.7. The van der Waals surface area contributed by atoms with E-state index in [9.17, 15) is 19.2 Å². The molecule has 44 heavy (non-hydrogen) atoms. The van der Waals surface area contributed by atoms with Crippen molar-refractivity contribution in [1.82, 2.24) is 18.9 Å². The molecule has 3 heterocycles. The average Bonchev–Trinajstić information content (AvgIpc) is 3.19. The largest absolute Gasteiger partial charge is 0.497 e. The third-order valence-corrected chi connectivity index (χ3v) is 8.66. The van der Waals surface area contributed by atoms with E-state index in [1.807, 2.05) is 23.1 Å². The number of amides is 2. The van der Waals surface area contributed by atoms with Crippen LogP contribution >= 0.6 is 0 Å². The number of hydrogen-bond acceptors (Lipinski definition) is 7. The van der Waals surface area contributed by atoms with Crippen LogP contribution in [0, 0.1) is 0 Å². The first-order chi connectivity index (χ1) is 21.2. The van der Waals surface area contributed by atoms with Gasteiger partial charge in [0.25, 0.3) is 5.56 Å². The Labute approximate surface area is 256 Å². The van der Waals surface area contributed by atoms with Crippen molar-refractivity contribution in [2.24, 2.45) is 0 Å². The van der Waals surface area contributed by atoms with Gasteiger partial charge in [0.2, 0.25) is 11.8 Å². The number of likely N-dealkylation sites (tertiary alicyclic amines) is 1. The number of piperidine rings is 1. The Kier molecular flexibility index (Phi) is 9.12. The van der Waals surface area contributed by atoms with Gasteiger partial charge in [-0.25, -0.2) is 4.79 Å². The summed E-state index contributed by atoms with van der Waals surface area (Å²) in [5.41, 5.74) is 1.85. The van der Waals surface area contributed by atoms with E-state index in [0.29, 0.717) is 56.0 Å². The van der Waals surface area contributed by atoms with Crippen LogP contribution in [-0.4, -0.2) is 77.8 Å². The number of benzene rings is 2. The quantitative estimate of drug-likeness (QED) is 0.389. The number of aromatic nitrogens is 2. The van der Waals surface area contributed by atoms with Crippen LogP contribution in [0.2, 0.25) is 0 Å². The molecule has 0 atom stereocenters. The van der Waals surface area contributed by atoms with E-state index in [-0.39, 0.29) is 30.0 Å². The van der Waals surface area contributed by atoms with Crippen LogP contribution < -0.4 is 25.5 Å². The summed E-state index contributed by atoms with van der Waals surface area (Å²) in [5, 5.41) is 0. The van der Waals surface area contributed by atoms with Gasteiger partial charge in [-0.3, -0.25) is 23.5 Å². The summed E-state index contributed by atoms with van der Waals surface area (Å²) >= 11 is 0. The van der Waals surface area contributed by atoms with E-state index in [0.717, 1.165) is 27.9 Å². The minimum absolute atomic E-state index is 0.0421. The van der Waals surface area contributed by atoms with Gasteiger partial charge in [-0.05, 0) is 62.4 Å². The van der Waals surface area contributed by atoms with Gasteiger partial charge in [0.1, 0.15) is 12.3 Å². The summed E-state index contributed by atoms with van der Waals surface area (Å²) < 4.78 is 18.8. The molecule has 5 rings (SSSR count). The van der Waals surface area contributed by atoms with Crippen molar-refractivity contribution in [3.05, 3.63) is 74.6 Å². The summed E-state index contributed by atoms with van der Waals surface area (Å²) in [6.07, 6.45) is 3.86. The second-order valence-electron chi connectivity index (χ2n) is 11.5. The molecule has 2 amide bonds. The molecule has 0 N–H and O–H groups in total. The number of nitrogens with zero attached hydrogens (tertiary/aromatic N) is 4. The molecule has 11 heteroatoms. The minimum Gasteiger partial charge on any atom is -0.497 e. The maximum Gasteiger partial charge on any atom is 0.331 e. The standard InChI is InChI=1S/C33H40N4O7/c1-21(2)37-32(40)27(26-7-6-8-28(43-4)31(26)44-5)19-35(33(37)41)20-30(39)34-14-12-24(13-15-34)36-16-11-23-17-25(42-3)10-9-22(23)18-29(36)38/h6-10,17,19,21,24H,11-16,18,20H2,1-5H3. The Bertz CT molecular complexity index is 1670. The van der Waals surface area contributed by atoms with Crippen LogP contribution in [0.3, 0.4) is 0 Å². The fourth-order valence-electron chi connectivity index (χ4n) is 6.30. The molecule has 2 aliphatic rings. The van der Waals surface area contributed by atoms with Gasteiger partial charge in [0.15, 0.2) is 11.5 Å². The van der Waals surface area contributed by atoms with Crippen LogP contribution in [0.25, 0.3) is 11.1 Å². The first-order valence-corrected chi connectivity index (χ1v) is 15.0. The van der Waals surface area contributed by atoms with E-state index < -0.39 is 17.3 Å². The van der Waals surface area contributed by atoms with Crippen LogP contribution in [-0.2, 0) is 29.0 Å². The molecular weight excluding hydrogens is 564 g/mol. The van der Waals surface area contributed by atoms with E-state index in [4.69, 9.17) is 14.2 Å². The molecule has 2 aliphatic heterocycles. The van der Waals surface area contributed by atoms with Gasteiger partial charge in [0.05, 0.1) is 33.3 Å². The fraction of sp³-hybridized carbons (Fsp3) is 0.455. The van der Waals surface area contributed by atoms with Crippen molar-refractivity contribution < 1.29 is 23.8 Å². The highest BCUT2D eigenvalue weighted by molar-refractivity contribution is 5.80. The lowest BCUT2D eigenvalue weighted by molar-refractivity contribution is -0.136. The average molecular weight is 605 g/mol. The predicted octanol–water partition coefficient (Wildman–Crippen LogP) is 2.90. The van der Waals surface area contributed by atoms with Crippen molar-refractivity contribution in [3.8, 4) is 28.4 Å². The number of fused-ring (bicyclic) bond motifs is 1. The molecule has 11 nitrogen and oxygen atoms in total. The van der Waals surface area contributed by atoms with E-state index in [1.54, 1.807) is 44.1 Å². The lowest BCUT2D eigenvalue weighted by atomic mass is 10.0. The number of methoxy groups -OCH3 is 3. The molecule has 0 bridgehead atoms. The number of carbonyl (C=O) groups is 2. The second-order valence-corrected chi connectivity index (χ2v) is 11.5. The van der Waals surface area contributed by atoms with Crippen molar-refractivity contribution in [1.29, 1.82) is 0 Å². The number of para-hydroxylation sites is 1. The zero-order valence-corrected chi connectivity index (χ0v) is 26.0. The van der Waals surface area contributed by atoms with Crippen molar-refractivity contribution in [2.75, 3.05) is 41.0 Å². The Morgan fingerprint density at radius 2 is 1.66 bits per heavy atom. The van der Waals surface area contributed by atoms with Crippen molar-refractivity contribution >= 4 is 11.8 Å². The number of ether oxygens (including phenoxy) is 3. The zero-order chi connectivity index (χ0) is 31.5. The molecule has 0 aliphatic carbocycles. The topological polar surface area (TPSA) is 112 Å². The van der Waals surface area contributed by atoms with Crippen molar-refractivity contribution in [2.45, 2.75) is 58.2 Å². The molecular formula is C33H40N4O7. The van der Waals surface area contributed by atoms with E-state index in [1.165, 1.54) is 25.0 Å². The molecule has 0 radical (unpaired) electrons. The summed E-state index contributed by atoms with van der Waals surface area (Å²) in [6.45, 7) is 4.87.